The molecule has 2 heterocycles. The Morgan fingerprint density at radius 2 is 2.00 bits per heavy atom. The SMILES string of the molecule is FC(F)(F)c1ccnc(SCCc2cccnc2)n1. The van der Waals surface area contributed by atoms with Gasteiger partial charge in [-0.2, -0.15) is 13.2 Å². The summed E-state index contributed by atoms with van der Waals surface area (Å²) in [5.74, 6) is 0.604. The Balaban J connectivity index is 1.93. The predicted octanol–water partition coefficient (Wildman–Crippen LogP) is 3.23. The van der Waals surface area contributed by atoms with Crippen molar-refractivity contribution < 1.29 is 13.2 Å². The van der Waals surface area contributed by atoms with E-state index in [9.17, 15) is 13.2 Å². The summed E-state index contributed by atoms with van der Waals surface area (Å²) < 4.78 is 37.3. The van der Waals surface area contributed by atoms with E-state index in [1.807, 2.05) is 12.1 Å². The molecule has 0 aromatic carbocycles. The van der Waals surface area contributed by atoms with Gasteiger partial charge in [0.2, 0.25) is 0 Å². The normalized spacial score (nSPS) is 11.5. The Hall–Kier alpha value is -1.63. The number of halogens is 3. The molecule has 0 spiro atoms. The van der Waals surface area contributed by atoms with Crippen LogP contribution in [-0.2, 0) is 12.6 Å². The molecule has 19 heavy (non-hydrogen) atoms. The van der Waals surface area contributed by atoms with Crippen molar-refractivity contribution >= 4 is 11.8 Å². The lowest BCUT2D eigenvalue weighted by atomic mass is 10.2. The Morgan fingerprint density at radius 1 is 1.16 bits per heavy atom. The molecule has 0 saturated heterocycles. The van der Waals surface area contributed by atoms with Gasteiger partial charge in [-0.25, -0.2) is 9.97 Å². The fourth-order valence-corrected chi connectivity index (χ4v) is 2.19. The third-order valence-electron chi connectivity index (χ3n) is 2.27. The second kappa shape index (κ2) is 6.01. The lowest BCUT2D eigenvalue weighted by molar-refractivity contribution is -0.141. The maximum Gasteiger partial charge on any atom is 0.433 e. The van der Waals surface area contributed by atoms with Crippen molar-refractivity contribution in [3.63, 3.8) is 0 Å². The summed E-state index contributed by atoms with van der Waals surface area (Å²) in [7, 11) is 0. The summed E-state index contributed by atoms with van der Waals surface area (Å²) in [6, 6.07) is 4.60. The highest BCUT2D eigenvalue weighted by Gasteiger charge is 2.32. The molecule has 0 aliphatic carbocycles. The van der Waals surface area contributed by atoms with Gasteiger partial charge in [-0.05, 0) is 24.1 Å². The fraction of sp³-hybridized carbons (Fsp3) is 0.250. The summed E-state index contributed by atoms with van der Waals surface area (Å²) in [6.07, 6.45) is 0.808. The first kappa shape index (κ1) is 13.8. The Bertz CT molecular complexity index is 531. The first-order valence-electron chi connectivity index (χ1n) is 5.47. The first-order chi connectivity index (χ1) is 9.05. The zero-order valence-electron chi connectivity index (χ0n) is 9.76. The highest BCUT2D eigenvalue weighted by Crippen LogP contribution is 2.28. The number of hydrogen-bond donors (Lipinski definition) is 0. The number of hydrogen-bond acceptors (Lipinski definition) is 4. The summed E-state index contributed by atoms with van der Waals surface area (Å²) in [5.41, 5.74) is 0.119. The van der Waals surface area contributed by atoms with Crippen molar-refractivity contribution in [3.05, 3.63) is 48.0 Å². The number of thioether (sulfide) groups is 1. The number of aryl methyl sites for hydroxylation is 1. The smallest absolute Gasteiger partial charge is 0.264 e. The molecule has 0 saturated carbocycles. The summed E-state index contributed by atoms with van der Waals surface area (Å²) in [5, 5.41) is 0.138. The van der Waals surface area contributed by atoms with Crippen molar-refractivity contribution in [3.8, 4) is 0 Å². The first-order valence-corrected chi connectivity index (χ1v) is 6.46. The quantitative estimate of drug-likeness (QED) is 0.638. The maximum atomic E-state index is 12.4. The van der Waals surface area contributed by atoms with E-state index >= 15 is 0 Å². The van der Waals surface area contributed by atoms with Crippen LogP contribution in [0.15, 0.2) is 41.9 Å². The number of pyridine rings is 1. The zero-order valence-corrected chi connectivity index (χ0v) is 10.6. The van der Waals surface area contributed by atoms with E-state index in [-0.39, 0.29) is 5.16 Å². The van der Waals surface area contributed by atoms with Gasteiger partial charge in [-0.3, -0.25) is 4.98 Å². The van der Waals surface area contributed by atoms with E-state index in [4.69, 9.17) is 0 Å². The van der Waals surface area contributed by atoms with Gasteiger partial charge in [0.05, 0.1) is 0 Å². The second-order valence-electron chi connectivity index (χ2n) is 3.68. The topological polar surface area (TPSA) is 38.7 Å². The van der Waals surface area contributed by atoms with Crippen LogP contribution < -0.4 is 0 Å². The molecule has 2 aromatic rings. The maximum absolute atomic E-state index is 12.4. The molecule has 0 N–H and O–H groups in total. The fourth-order valence-electron chi connectivity index (χ4n) is 1.37. The standard InChI is InChI=1S/C12H10F3N3S/c13-12(14,15)10-3-6-17-11(18-10)19-7-4-9-2-1-5-16-8-9/h1-3,5-6,8H,4,7H2. The molecular weight excluding hydrogens is 275 g/mol. The van der Waals surface area contributed by atoms with Gasteiger partial charge in [0.25, 0.3) is 0 Å². The number of aromatic nitrogens is 3. The molecule has 3 nitrogen and oxygen atoms in total. The van der Waals surface area contributed by atoms with Crippen LogP contribution in [0.2, 0.25) is 0 Å². The average molecular weight is 285 g/mol. The van der Waals surface area contributed by atoms with Crippen molar-refractivity contribution in [1.82, 2.24) is 15.0 Å². The monoisotopic (exact) mass is 285 g/mol. The Labute approximate surface area is 112 Å². The van der Waals surface area contributed by atoms with Gasteiger partial charge in [0.15, 0.2) is 5.16 Å². The highest BCUT2D eigenvalue weighted by molar-refractivity contribution is 7.99. The summed E-state index contributed by atoms with van der Waals surface area (Å²) in [6.45, 7) is 0. The van der Waals surface area contributed by atoms with Crippen LogP contribution in [0, 0.1) is 0 Å². The van der Waals surface area contributed by atoms with Crippen molar-refractivity contribution in [2.75, 3.05) is 5.75 Å². The van der Waals surface area contributed by atoms with E-state index in [0.29, 0.717) is 12.2 Å². The van der Waals surface area contributed by atoms with Crippen LogP contribution in [0.3, 0.4) is 0 Å². The molecule has 0 aliphatic rings. The van der Waals surface area contributed by atoms with Crippen LogP contribution in [0.4, 0.5) is 13.2 Å². The molecular formula is C12H10F3N3S. The molecule has 0 bridgehead atoms. The van der Waals surface area contributed by atoms with E-state index in [1.165, 1.54) is 11.8 Å². The molecule has 0 atom stereocenters. The minimum atomic E-state index is -4.43. The molecule has 0 amide bonds. The lowest BCUT2D eigenvalue weighted by Crippen LogP contribution is -2.08. The molecule has 0 unspecified atom stereocenters. The van der Waals surface area contributed by atoms with Gasteiger partial charge in [-0.15, -0.1) is 0 Å². The van der Waals surface area contributed by atoms with Crippen molar-refractivity contribution in [2.24, 2.45) is 0 Å². The van der Waals surface area contributed by atoms with Crippen LogP contribution >= 0.6 is 11.8 Å². The van der Waals surface area contributed by atoms with E-state index in [0.717, 1.165) is 17.8 Å². The van der Waals surface area contributed by atoms with Crippen LogP contribution in [0.5, 0.6) is 0 Å². The zero-order chi connectivity index (χ0) is 13.7. The van der Waals surface area contributed by atoms with Gasteiger partial charge >= 0.3 is 6.18 Å². The molecule has 2 aromatic heterocycles. The average Bonchev–Trinajstić information content (AvgIpc) is 2.39. The van der Waals surface area contributed by atoms with Crippen molar-refractivity contribution in [2.45, 2.75) is 17.8 Å². The van der Waals surface area contributed by atoms with E-state index in [2.05, 4.69) is 15.0 Å². The third kappa shape index (κ3) is 4.20. The second-order valence-corrected chi connectivity index (χ2v) is 4.74. The van der Waals surface area contributed by atoms with E-state index < -0.39 is 11.9 Å². The number of nitrogens with zero attached hydrogens (tertiary/aromatic N) is 3. The molecule has 100 valence electrons. The highest BCUT2D eigenvalue weighted by atomic mass is 32.2. The summed E-state index contributed by atoms with van der Waals surface area (Å²) >= 11 is 1.20. The largest absolute Gasteiger partial charge is 0.433 e. The molecule has 2 rings (SSSR count). The van der Waals surface area contributed by atoms with Crippen LogP contribution in [0.25, 0.3) is 0 Å². The van der Waals surface area contributed by atoms with Crippen LogP contribution in [0.1, 0.15) is 11.3 Å². The van der Waals surface area contributed by atoms with Gasteiger partial charge in [0, 0.05) is 24.3 Å². The predicted molar refractivity (Wildman–Crippen MR) is 65.7 cm³/mol. The molecule has 0 aliphatic heterocycles. The van der Waals surface area contributed by atoms with E-state index in [1.54, 1.807) is 12.4 Å². The third-order valence-corrected chi connectivity index (χ3v) is 3.13. The van der Waals surface area contributed by atoms with Crippen LogP contribution in [-0.4, -0.2) is 20.7 Å². The summed E-state index contributed by atoms with van der Waals surface area (Å²) in [4.78, 5) is 11.3. The lowest BCUT2D eigenvalue weighted by Gasteiger charge is -2.06. The molecule has 7 heteroatoms. The number of alkyl halides is 3. The minimum absolute atomic E-state index is 0.138. The van der Waals surface area contributed by atoms with Crippen molar-refractivity contribution in [1.29, 1.82) is 0 Å². The Kier molecular flexibility index (Phi) is 4.36. The van der Waals surface area contributed by atoms with Gasteiger partial charge in [0.1, 0.15) is 5.69 Å². The van der Waals surface area contributed by atoms with Gasteiger partial charge < -0.3 is 0 Å². The number of rotatable bonds is 4. The Morgan fingerprint density at radius 3 is 2.68 bits per heavy atom. The molecule has 0 radical (unpaired) electrons. The molecule has 0 fully saturated rings. The minimum Gasteiger partial charge on any atom is -0.264 e. The van der Waals surface area contributed by atoms with Gasteiger partial charge in [-0.1, -0.05) is 17.8 Å².